The summed E-state index contributed by atoms with van der Waals surface area (Å²) in [5.74, 6) is 0. The van der Waals surface area contributed by atoms with Crippen LogP contribution in [0.1, 0.15) is 25.3 Å². The van der Waals surface area contributed by atoms with Crippen molar-refractivity contribution in [2.75, 3.05) is 31.6 Å². The number of nitrogens with one attached hydrogen (secondary N) is 1. The molecule has 1 fully saturated rings. The van der Waals surface area contributed by atoms with E-state index in [0.717, 1.165) is 19.6 Å². The van der Waals surface area contributed by atoms with Crippen molar-refractivity contribution in [3.05, 3.63) is 29.8 Å². The molecule has 1 saturated heterocycles. The van der Waals surface area contributed by atoms with E-state index in [4.69, 9.17) is 0 Å². The van der Waals surface area contributed by atoms with Crippen molar-refractivity contribution in [1.82, 2.24) is 5.32 Å². The molecule has 2 rings (SSSR count). The molecule has 0 amide bonds. The van der Waals surface area contributed by atoms with Crippen LogP contribution in [0, 0.1) is 12.3 Å². The maximum absolute atomic E-state index is 3.44. The van der Waals surface area contributed by atoms with Crippen molar-refractivity contribution in [1.29, 1.82) is 0 Å². The van der Waals surface area contributed by atoms with Gasteiger partial charge in [0.2, 0.25) is 0 Å². The first-order chi connectivity index (χ1) is 8.09. The van der Waals surface area contributed by atoms with Crippen LogP contribution in [0.4, 0.5) is 5.69 Å². The van der Waals surface area contributed by atoms with Crippen LogP contribution >= 0.6 is 0 Å². The fourth-order valence-corrected chi connectivity index (χ4v) is 2.65. The third-order valence-corrected chi connectivity index (χ3v) is 3.90. The largest absolute Gasteiger partial charge is 0.374 e. The molecular weight excluding hydrogens is 208 g/mol. The molecule has 0 saturated carbocycles. The van der Waals surface area contributed by atoms with Crippen molar-refractivity contribution in [3.8, 4) is 0 Å². The Morgan fingerprint density at radius 3 is 2.35 bits per heavy atom. The van der Waals surface area contributed by atoms with Gasteiger partial charge in [0.25, 0.3) is 0 Å². The Kier molecular flexibility index (Phi) is 3.72. The Balaban J connectivity index is 2.00. The Morgan fingerprint density at radius 2 is 1.76 bits per heavy atom. The molecule has 0 aromatic heterocycles. The summed E-state index contributed by atoms with van der Waals surface area (Å²) in [4.78, 5) is 2.39. The van der Waals surface area contributed by atoms with E-state index in [0.29, 0.717) is 5.41 Å². The molecule has 0 atom stereocenters. The highest BCUT2D eigenvalue weighted by Crippen LogP contribution is 2.30. The molecule has 1 aromatic rings. The van der Waals surface area contributed by atoms with Gasteiger partial charge in [0.1, 0.15) is 0 Å². The zero-order chi connectivity index (χ0) is 12.3. The highest BCUT2D eigenvalue weighted by atomic mass is 15.1. The van der Waals surface area contributed by atoms with Gasteiger partial charge in [-0.3, -0.25) is 0 Å². The van der Waals surface area contributed by atoms with Gasteiger partial charge >= 0.3 is 0 Å². The van der Waals surface area contributed by atoms with Crippen molar-refractivity contribution in [2.45, 2.75) is 26.7 Å². The lowest BCUT2D eigenvalue weighted by molar-refractivity contribution is 0.237. The Labute approximate surface area is 105 Å². The summed E-state index contributed by atoms with van der Waals surface area (Å²) < 4.78 is 0. The number of nitrogens with zero attached hydrogens (tertiary/aromatic N) is 1. The summed E-state index contributed by atoms with van der Waals surface area (Å²) in [5.41, 5.74) is 3.12. The van der Waals surface area contributed by atoms with Gasteiger partial charge in [0, 0.05) is 19.3 Å². The van der Waals surface area contributed by atoms with Crippen molar-refractivity contribution in [3.63, 3.8) is 0 Å². The van der Waals surface area contributed by atoms with E-state index in [1.54, 1.807) is 0 Å². The van der Waals surface area contributed by atoms with Crippen LogP contribution in [-0.2, 0) is 0 Å². The molecule has 0 spiro atoms. The van der Waals surface area contributed by atoms with E-state index >= 15 is 0 Å². The number of aryl methyl sites for hydroxylation is 1. The van der Waals surface area contributed by atoms with Crippen molar-refractivity contribution in [2.24, 2.45) is 5.41 Å². The molecule has 1 heterocycles. The van der Waals surface area contributed by atoms with E-state index in [2.05, 4.69) is 55.4 Å². The van der Waals surface area contributed by atoms with Gasteiger partial charge in [-0.2, -0.15) is 0 Å². The monoisotopic (exact) mass is 232 g/mol. The normalized spacial score (nSPS) is 19.0. The summed E-state index contributed by atoms with van der Waals surface area (Å²) in [7, 11) is 2.21. The van der Waals surface area contributed by atoms with E-state index in [1.165, 1.54) is 24.1 Å². The van der Waals surface area contributed by atoms with Crippen LogP contribution in [0.5, 0.6) is 0 Å². The molecule has 17 heavy (non-hydrogen) atoms. The van der Waals surface area contributed by atoms with E-state index in [9.17, 15) is 0 Å². The minimum Gasteiger partial charge on any atom is -0.374 e. The second-order valence-electron chi connectivity index (χ2n) is 5.75. The number of rotatable bonds is 3. The standard InChI is InChI=1S/C15H24N2/c1-13-4-6-14(7-5-13)17(3)12-15(2)8-10-16-11-9-15/h4-7,16H,8-12H2,1-3H3. The fourth-order valence-electron chi connectivity index (χ4n) is 2.65. The minimum absolute atomic E-state index is 0.463. The number of piperidine rings is 1. The van der Waals surface area contributed by atoms with Crippen LogP contribution in [0.15, 0.2) is 24.3 Å². The molecule has 94 valence electrons. The molecule has 0 aliphatic carbocycles. The second kappa shape index (κ2) is 5.09. The summed E-state index contributed by atoms with van der Waals surface area (Å²) >= 11 is 0. The predicted octanol–water partition coefficient (Wildman–Crippen LogP) is 2.82. The maximum atomic E-state index is 3.44. The maximum Gasteiger partial charge on any atom is 0.0363 e. The van der Waals surface area contributed by atoms with Crippen molar-refractivity contribution >= 4 is 5.69 Å². The molecular formula is C15H24N2. The molecule has 0 unspecified atom stereocenters. The quantitative estimate of drug-likeness (QED) is 0.862. The average Bonchev–Trinajstić information content (AvgIpc) is 2.30. The second-order valence-corrected chi connectivity index (χ2v) is 5.75. The third-order valence-electron chi connectivity index (χ3n) is 3.90. The van der Waals surface area contributed by atoms with Gasteiger partial charge in [0.15, 0.2) is 0 Å². The zero-order valence-corrected chi connectivity index (χ0v) is 11.3. The van der Waals surface area contributed by atoms with E-state index < -0.39 is 0 Å². The third kappa shape index (κ3) is 3.22. The highest BCUT2D eigenvalue weighted by Gasteiger charge is 2.28. The first-order valence-corrected chi connectivity index (χ1v) is 6.58. The van der Waals surface area contributed by atoms with Crippen LogP contribution in [-0.4, -0.2) is 26.7 Å². The molecule has 2 heteroatoms. The van der Waals surface area contributed by atoms with Crippen molar-refractivity contribution < 1.29 is 0 Å². The number of hydrogen-bond acceptors (Lipinski definition) is 2. The molecule has 1 aliphatic heterocycles. The number of hydrogen-bond donors (Lipinski definition) is 1. The molecule has 0 bridgehead atoms. The van der Waals surface area contributed by atoms with E-state index in [-0.39, 0.29) is 0 Å². The van der Waals surface area contributed by atoms with Gasteiger partial charge in [-0.15, -0.1) is 0 Å². The van der Waals surface area contributed by atoms with Gasteiger partial charge in [0.05, 0.1) is 0 Å². The Bertz CT molecular complexity index is 350. The SMILES string of the molecule is Cc1ccc(N(C)CC2(C)CCNCC2)cc1. The van der Waals surface area contributed by atoms with Crippen LogP contribution in [0.3, 0.4) is 0 Å². The van der Waals surface area contributed by atoms with Gasteiger partial charge in [-0.1, -0.05) is 24.6 Å². The van der Waals surface area contributed by atoms with Crippen LogP contribution in [0.2, 0.25) is 0 Å². The van der Waals surface area contributed by atoms with Gasteiger partial charge < -0.3 is 10.2 Å². The molecule has 1 aromatic carbocycles. The predicted molar refractivity (Wildman–Crippen MR) is 74.7 cm³/mol. The summed E-state index contributed by atoms with van der Waals surface area (Å²) in [5, 5.41) is 3.44. The lowest BCUT2D eigenvalue weighted by atomic mass is 9.80. The first-order valence-electron chi connectivity index (χ1n) is 6.58. The topological polar surface area (TPSA) is 15.3 Å². The summed E-state index contributed by atoms with van der Waals surface area (Å²) in [6, 6.07) is 8.83. The molecule has 2 nitrogen and oxygen atoms in total. The fraction of sp³-hybridized carbons (Fsp3) is 0.600. The molecule has 1 aliphatic rings. The smallest absolute Gasteiger partial charge is 0.0363 e. The lowest BCUT2D eigenvalue weighted by Gasteiger charge is -2.38. The van der Waals surface area contributed by atoms with Gasteiger partial charge in [-0.25, -0.2) is 0 Å². The Hall–Kier alpha value is -1.02. The number of anilines is 1. The Morgan fingerprint density at radius 1 is 1.18 bits per heavy atom. The van der Waals surface area contributed by atoms with Crippen LogP contribution < -0.4 is 10.2 Å². The van der Waals surface area contributed by atoms with E-state index in [1.807, 2.05) is 0 Å². The zero-order valence-electron chi connectivity index (χ0n) is 11.3. The first kappa shape index (κ1) is 12.4. The average molecular weight is 232 g/mol. The lowest BCUT2D eigenvalue weighted by Crippen LogP contribution is -2.42. The van der Waals surface area contributed by atoms with Crippen LogP contribution in [0.25, 0.3) is 0 Å². The number of benzene rings is 1. The minimum atomic E-state index is 0.463. The summed E-state index contributed by atoms with van der Waals surface area (Å²) in [6.07, 6.45) is 2.56. The molecule has 1 N–H and O–H groups in total. The van der Waals surface area contributed by atoms with Gasteiger partial charge in [-0.05, 0) is 50.4 Å². The molecule has 0 radical (unpaired) electrons. The highest BCUT2D eigenvalue weighted by molar-refractivity contribution is 5.46. The summed E-state index contributed by atoms with van der Waals surface area (Å²) in [6.45, 7) is 8.03.